The van der Waals surface area contributed by atoms with E-state index in [0.717, 1.165) is 21.8 Å². The van der Waals surface area contributed by atoms with Gasteiger partial charge in [0.05, 0.1) is 9.93 Å². The van der Waals surface area contributed by atoms with E-state index < -0.39 is 0 Å². The molecule has 2 aromatic rings. The summed E-state index contributed by atoms with van der Waals surface area (Å²) < 4.78 is 6.57. The average molecular weight is 427 g/mol. The predicted octanol–water partition coefficient (Wildman–Crippen LogP) is 5.81. The molecule has 1 fully saturated rings. The Bertz CT molecular complexity index is 859. The molecule has 1 aliphatic rings. The predicted molar refractivity (Wildman–Crippen MR) is 99.8 cm³/mol. The van der Waals surface area contributed by atoms with Crippen molar-refractivity contribution in [3.63, 3.8) is 0 Å². The number of halogens is 2. The van der Waals surface area contributed by atoms with Gasteiger partial charge in [-0.3, -0.25) is 14.5 Å². The second-order valence-electron chi connectivity index (χ2n) is 5.48. The SMILES string of the molecule is CC(C)N1C(=O)S/C(=C\c2ccc(-c3ccc(Br)c(Cl)c3)o2)C1=O. The first kappa shape index (κ1) is 17.3. The van der Waals surface area contributed by atoms with Crippen molar-refractivity contribution in [3.05, 3.63) is 50.5 Å². The second kappa shape index (κ2) is 6.78. The molecule has 0 aliphatic carbocycles. The Labute approximate surface area is 157 Å². The number of rotatable bonds is 3. The van der Waals surface area contributed by atoms with Gasteiger partial charge in [0.2, 0.25) is 0 Å². The van der Waals surface area contributed by atoms with E-state index in [1.807, 2.05) is 26.0 Å². The highest BCUT2D eigenvalue weighted by molar-refractivity contribution is 9.10. The molecule has 7 heteroatoms. The van der Waals surface area contributed by atoms with Gasteiger partial charge < -0.3 is 4.42 Å². The molecule has 1 aliphatic heterocycles. The number of carbonyl (C=O) groups excluding carboxylic acids is 2. The van der Waals surface area contributed by atoms with Crippen LogP contribution in [0.1, 0.15) is 19.6 Å². The third-order valence-corrected chi connectivity index (χ3v) is 5.56. The summed E-state index contributed by atoms with van der Waals surface area (Å²) in [7, 11) is 0. The molecule has 0 spiro atoms. The molecule has 0 N–H and O–H groups in total. The summed E-state index contributed by atoms with van der Waals surface area (Å²) in [4.78, 5) is 25.8. The highest BCUT2D eigenvalue weighted by atomic mass is 79.9. The number of hydrogen-bond donors (Lipinski definition) is 0. The van der Waals surface area contributed by atoms with Crippen molar-refractivity contribution in [3.8, 4) is 11.3 Å². The van der Waals surface area contributed by atoms with Crippen molar-refractivity contribution in [1.82, 2.24) is 4.90 Å². The maximum absolute atomic E-state index is 12.3. The molecule has 0 bridgehead atoms. The van der Waals surface area contributed by atoms with Gasteiger partial charge in [0, 0.05) is 22.2 Å². The van der Waals surface area contributed by atoms with Crippen molar-refractivity contribution in [2.24, 2.45) is 0 Å². The standard InChI is InChI=1S/C17H13BrClNO3S/c1-9(2)20-16(21)15(24-17(20)22)8-11-4-6-14(23-11)10-3-5-12(18)13(19)7-10/h3-9H,1-2H3/b15-8-. The summed E-state index contributed by atoms with van der Waals surface area (Å²) in [5, 5.41) is 0.330. The number of benzene rings is 1. The van der Waals surface area contributed by atoms with E-state index in [-0.39, 0.29) is 17.2 Å². The minimum atomic E-state index is -0.287. The van der Waals surface area contributed by atoms with Crippen LogP contribution in [-0.4, -0.2) is 22.1 Å². The van der Waals surface area contributed by atoms with Gasteiger partial charge >= 0.3 is 0 Å². The van der Waals surface area contributed by atoms with Gasteiger partial charge in [0.25, 0.3) is 11.1 Å². The fraction of sp³-hybridized carbons (Fsp3) is 0.176. The van der Waals surface area contributed by atoms with E-state index in [2.05, 4.69) is 15.9 Å². The van der Waals surface area contributed by atoms with Crippen molar-refractivity contribution in [2.75, 3.05) is 0 Å². The topological polar surface area (TPSA) is 50.5 Å². The van der Waals surface area contributed by atoms with Crippen LogP contribution in [0.2, 0.25) is 5.02 Å². The number of nitrogens with zero attached hydrogens (tertiary/aromatic N) is 1. The Morgan fingerprint density at radius 3 is 2.62 bits per heavy atom. The Kier molecular flexibility index (Phi) is 4.90. The third-order valence-electron chi connectivity index (χ3n) is 3.44. The molecule has 1 aromatic carbocycles. The molecular weight excluding hydrogens is 414 g/mol. The van der Waals surface area contributed by atoms with Crippen LogP contribution in [0.25, 0.3) is 17.4 Å². The molecule has 4 nitrogen and oxygen atoms in total. The van der Waals surface area contributed by atoms with E-state index in [9.17, 15) is 9.59 Å². The molecule has 124 valence electrons. The summed E-state index contributed by atoms with van der Waals surface area (Å²) in [6, 6.07) is 8.91. The van der Waals surface area contributed by atoms with Crippen LogP contribution in [0, 0.1) is 0 Å². The Morgan fingerprint density at radius 1 is 1.25 bits per heavy atom. The number of thioether (sulfide) groups is 1. The Balaban J connectivity index is 1.87. The summed E-state index contributed by atoms with van der Waals surface area (Å²) in [6.07, 6.45) is 1.59. The van der Waals surface area contributed by atoms with Gasteiger partial charge in [-0.2, -0.15) is 0 Å². The molecule has 2 heterocycles. The molecule has 0 atom stereocenters. The highest BCUT2D eigenvalue weighted by Crippen LogP contribution is 2.35. The molecular formula is C17H13BrClNO3S. The van der Waals surface area contributed by atoms with Crippen LogP contribution in [-0.2, 0) is 4.79 Å². The zero-order valence-corrected chi connectivity index (χ0v) is 16.0. The van der Waals surface area contributed by atoms with Crippen molar-refractivity contribution >= 4 is 56.5 Å². The molecule has 0 saturated carbocycles. The first-order valence-corrected chi connectivity index (χ1v) is 9.18. The monoisotopic (exact) mass is 425 g/mol. The molecule has 1 aromatic heterocycles. The highest BCUT2D eigenvalue weighted by Gasteiger charge is 2.36. The van der Waals surface area contributed by atoms with Gasteiger partial charge in [-0.25, -0.2) is 0 Å². The minimum absolute atomic E-state index is 0.166. The first-order chi connectivity index (χ1) is 11.4. The maximum atomic E-state index is 12.3. The van der Waals surface area contributed by atoms with Crippen molar-refractivity contribution < 1.29 is 14.0 Å². The summed E-state index contributed by atoms with van der Waals surface area (Å²) in [5.41, 5.74) is 0.832. The van der Waals surface area contributed by atoms with Crippen LogP contribution in [0.5, 0.6) is 0 Å². The van der Waals surface area contributed by atoms with E-state index in [0.29, 0.717) is 21.4 Å². The fourth-order valence-electron chi connectivity index (χ4n) is 2.29. The largest absolute Gasteiger partial charge is 0.457 e. The quantitative estimate of drug-likeness (QED) is 0.581. The molecule has 24 heavy (non-hydrogen) atoms. The van der Waals surface area contributed by atoms with Crippen molar-refractivity contribution in [2.45, 2.75) is 19.9 Å². The van der Waals surface area contributed by atoms with Gasteiger partial charge in [-0.15, -0.1) is 0 Å². The second-order valence-corrected chi connectivity index (χ2v) is 7.73. The lowest BCUT2D eigenvalue weighted by atomic mass is 10.2. The summed E-state index contributed by atoms with van der Waals surface area (Å²) in [5.74, 6) is 0.863. The minimum Gasteiger partial charge on any atom is -0.457 e. The smallest absolute Gasteiger partial charge is 0.293 e. The van der Waals surface area contributed by atoms with Crippen LogP contribution >= 0.6 is 39.3 Å². The van der Waals surface area contributed by atoms with E-state index in [1.165, 1.54) is 4.90 Å². The number of carbonyl (C=O) groups is 2. The Hall–Kier alpha value is -1.50. The van der Waals surface area contributed by atoms with Gasteiger partial charge in [0.15, 0.2) is 0 Å². The lowest BCUT2D eigenvalue weighted by molar-refractivity contribution is -0.123. The zero-order chi connectivity index (χ0) is 17.4. The van der Waals surface area contributed by atoms with Gasteiger partial charge in [0.1, 0.15) is 11.5 Å². The zero-order valence-electron chi connectivity index (χ0n) is 12.9. The van der Waals surface area contributed by atoms with Crippen molar-refractivity contribution in [1.29, 1.82) is 0 Å². The first-order valence-electron chi connectivity index (χ1n) is 7.19. The van der Waals surface area contributed by atoms with Crippen LogP contribution in [0.3, 0.4) is 0 Å². The lowest BCUT2D eigenvalue weighted by Crippen LogP contribution is -2.34. The average Bonchev–Trinajstić information content (AvgIpc) is 3.07. The molecule has 3 rings (SSSR count). The van der Waals surface area contributed by atoms with E-state index in [1.54, 1.807) is 24.3 Å². The fourth-order valence-corrected chi connectivity index (χ4v) is 3.66. The van der Waals surface area contributed by atoms with Crippen LogP contribution < -0.4 is 0 Å². The van der Waals surface area contributed by atoms with Gasteiger partial charge in [-0.05, 0) is 65.8 Å². The summed E-state index contributed by atoms with van der Waals surface area (Å²) in [6.45, 7) is 3.61. The summed E-state index contributed by atoms with van der Waals surface area (Å²) >= 11 is 10.4. The third kappa shape index (κ3) is 3.31. The van der Waals surface area contributed by atoms with Gasteiger partial charge in [-0.1, -0.05) is 17.7 Å². The molecule has 1 saturated heterocycles. The number of furan rings is 1. The number of amides is 2. The molecule has 2 amide bonds. The molecule has 0 unspecified atom stereocenters. The normalized spacial score (nSPS) is 16.7. The van der Waals surface area contributed by atoms with Crippen LogP contribution in [0.4, 0.5) is 4.79 Å². The lowest BCUT2D eigenvalue weighted by Gasteiger charge is -2.16. The maximum Gasteiger partial charge on any atom is 0.293 e. The van der Waals surface area contributed by atoms with Crippen LogP contribution in [0.15, 0.2) is 44.1 Å². The number of imide groups is 1. The van der Waals surface area contributed by atoms with E-state index >= 15 is 0 Å². The van der Waals surface area contributed by atoms with E-state index in [4.69, 9.17) is 16.0 Å². The Morgan fingerprint density at radius 2 is 2.00 bits per heavy atom. The number of hydrogen-bond acceptors (Lipinski definition) is 4. The molecule has 0 radical (unpaired) electrons.